The molecule has 1 atom stereocenters. The van der Waals surface area contributed by atoms with Crippen molar-refractivity contribution in [3.05, 3.63) is 82.9 Å². The minimum atomic E-state index is -1.01. The number of benzene rings is 2. The number of aliphatic hydroxyl groups excluding tert-OH is 1. The van der Waals surface area contributed by atoms with Crippen LogP contribution < -0.4 is 0 Å². The second kappa shape index (κ2) is 5.68. The summed E-state index contributed by atoms with van der Waals surface area (Å²) < 4.78 is 15.1. The average molecular weight is 303 g/mol. The Morgan fingerprint density at radius 2 is 1.86 bits per heavy atom. The van der Waals surface area contributed by atoms with Gasteiger partial charge in [0.15, 0.2) is 0 Å². The van der Waals surface area contributed by atoms with Gasteiger partial charge in [-0.1, -0.05) is 29.8 Å². The molecule has 0 aliphatic rings. The highest BCUT2D eigenvalue weighted by Crippen LogP contribution is 2.26. The number of halogens is 2. The van der Waals surface area contributed by atoms with Gasteiger partial charge in [-0.15, -0.1) is 0 Å². The molecule has 2 aromatic carbocycles. The van der Waals surface area contributed by atoms with Crippen LogP contribution in [0.3, 0.4) is 0 Å². The molecule has 1 heterocycles. The number of para-hydroxylation sites is 1. The maximum atomic E-state index is 13.4. The number of nitrogens with zero attached hydrogens (tertiary/aromatic N) is 2. The monoisotopic (exact) mass is 302 g/mol. The normalized spacial score (nSPS) is 12.3. The van der Waals surface area contributed by atoms with Gasteiger partial charge >= 0.3 is 0 Å². The van der Waals surface area contributed by atoms with Crippen molar-refractivity contribution in [3.8, 4) is 5.69 Å². The van der Waals surface area contributed by atoms with Crippen LogP contribution in [0.5, 0.6) is 0 Å². The largest absolute Gasteiger partial charge is 0.382 e. The molecular formula is C16H12ClFN2O. The second-order valence-electron chi connectivity index (χ2n) is 4.61. The van der Waals surface area contributed by atoms with E-state index >= 15 is 0 Å². The van der Waals surface area contributed by atoms with Gasteiger partial charge in [0.1, 0.15) is 11.9 Å². The lowest BCUT2D eigenvalue weighted by Crippen LogP contribution is -2.08. The molecule has 3 nitrogen and oxygen atoms in total. The first kappa shape index (κ1) is 13.8. The third kappa shape index (κ3) is 2.82. The van der Waals surface area contributed by atoms with Crippen LogP contribution >= 0.6 is 11.6 Å². The SMILES string of the molecule is OC(c1cc(F)cc(Cl)c1)c1ccnn1-c1ccccc1. The molecule has 0 aliphatic heterocycles. The van der Waals surface area contributed by atoms with Crippen LogP contribution in [0.2, 0.25) is 5.02 Å². The molecule has 1 unspecified atom stereocenters. The fourth-order valence-corrected chi connectivity index (χ4v) is 2.44. The molecule has 0 saturated heterocycles. The lowest BCUT2D eigenvalue weighted by Gasteiger charge is -2.14. The van der Waals surface area contributed by atoms with Crippen molar-refractivity contribution in [2.75, 3.05) is 0 Å². The zero-order valence-electron chi connectivity index (χ0n) is 10.9. The van der Waals surface area contributed by atoms with E-state index in [2.05, 4.69) is 5.10 Å². The Morgan fingerprint density at radius 1 is 1.10 bits per heavy atom. The predicted octanol–water partition coefficient (Wildman–Crippen LogP) is 3.75. The average Bonchev–Trinajstić information content (AvgIpc) is 2.95. The standard InChI is InChI=1S/C16H12ClFN2O/c17-12-8-11(9-13(18)10-12)16(21)15-6-7-19-20(15)14-4-2-1-3-5-14/h1-10,16,21H. The molecule has 3 rings (SSSR count). The highest BCUT2D eigenvalue weighted by Gasteiger charge is 2.17. The smallest absolute Gasteiger partial charge is 0.125 e. The van der Waals surface area contributed by atoms with E-state index in [0.717, 1.165) is 5.69 Å². The first-order valence-electron chi connectivity index (χ1n) is 6.38. The number of hydrogen-bond acceptors (Lipinski definition) is 2. The minimum Gasteiger partial charge on any atom is -0.382 e. The summed E-state index contributed by atoms with van der Waals surface area (Å²) in [5.74, 6) is -0.484. The van der Waals surface area contributed by atoms with Crippen LogP contribution in [-0.2, 0) is 0 Å². The lowest BCUT2D eigenvalue weighted by atomic mass is 10.1. The highest BCUT2D eigenvalue weighted by molar-refractivity contribution is 6.30. The van der Waals surface area contributed by atoms with Gasteiger partial charge < -0.3 is 5.11 Å². The second-order valence-corrected chi connectivity index (χ2v) is 5.05. The van der Waals surface area contributed by atoms with Gasteiger partial charge in [0, 0.05) is 11.2 Å². The number of hydrogen-bond donors (Lipinski definition) is 1. The number of aromatic nitrogens is 2. The van der Waals surface area contributed by atoms with Crippen molar-refractivity contribution in [1.29, 1.82) is 0 Å². The molecule has 1 N–H and O–H groups in total. The van der Waals surface area contributed by atoms with E-state index in [-0.39, 0.29) is 5.02 Å². The Bertz CT molecular complexity index is 738. The van der Waals surface area contributed by atoms with Gasteiger partial charge in [0.05, 0.1) is 11.4 Å². The first-order valence-corrected chi connectivity index (χ1v) is 6.76. The summed E-state index contributed by atoms with van der Waals surface area (Å²) in [4.78, 5) is 0. The van der Waals surface area contributed by atoms with Gasteiger partial charge in [-0.25, -0.2) is 9.07 Å². The van der Waals surface area contributed by atoms with Crippen LogP contribution in [-0.4, -0.2) is 14.9 Å². The fourth-order valence-electron chi connectivity index (χ4n) is 2.21. The summed E-state index contributed by atoms with van der Waals surface area (Å²) >= 11 is 5.84. The van der Waals surface area contributed by atoms with E-state index in [1.165, 1.54) is 18.2 Å². The highest BCUT2D eigenvalue weighted by atomic mass is 35.5. The van der Waals surface area contributed by atoms with Crippen molar-refractivity contribution in [3.63, 3.8) is 0 Å². The van der Waals surface area contributed by atoms with Gasteiger partial charge in [0.2, 0.25) is 0 Å². The summed E-state index contributed by atoms with van der Waals surface area (Å²) in [5, 5.41) is 14.9. The lowest BCUT2D eigenvalue weighted by molar-refractivity contribution is 0.211. The molecule has 5 heteroatoms. The molecule has 21 heavy (non-hydrogen) atoms. The fraction of sp³-hybridized carbons (Fsp3) is 0.0625. The summed E-state index contributed by atoms with van der Waals surface area (Å²) in [6.07, 6.45) is 0.577. The molecule has 0 saturated carbocycles. The zero-order valence-corrected chi connectivity index (χ0v) is 11.7. The van der Waals surface area contributed by atoms with E-state index in [1.54, 1.807) is 16.9 Å². The van der Waals surface area contributed by atoms with Crippen LogP contribution in [0.4, 0.5) is 4.39 Å². The third-order valence-corrected chi connectivity index (χ3v) is 3.37. The zero-order chi connectivity index (χ0) is 14.8. The van der Waals surface area contributed by atoms with Crippen LogP contribution in [0.25, 0.3) is 5.69 Å². The Hall–Kier alpha value is -2.17. The molecule has 0 aliphatic carbocycles. The summed E-state index contributed by atoms with van der Waals surface area (Å²) in [7, 11) is 0. The van der Waals surface area contributed by atoms with Crippen molar-refractivity contribution in [1.82, 2.24) is 9.78 Å². The molecule has 0 bridgehead atoms. The van der Waals surface area contributed by atoms with Crippen molar-refractivity contribution < 1.29 is 9.50 Å². The van der Waals surface area contributed by atoms with Gasteiger partial charge in [0.25, 0.3) is 0 Å². The Labute approximate surface area is 126 Å². The Balaban J connectivity index is 2.03. The van der Waals surface area contributed by atoms with Crippen LogP contribution in [0, 0.1) is 5.82 Å². The quantitative estimate of drug-likeness (QED) is 0.800. The Kier molecular flexibility index (Phi) is 3.73. The van der Waals surface area contributed by atoms with Gasteiger partial charge in [-0.05, 0) is 42.0 Å². The topological polar surface area (TPSA) is 38.1 Å². The Morgan fingerprint density at radius 3 is 2.57 bits per heavy atom. The first-order chi connectivity index (χ1) is 10.1. The molecule has 1 aromatic heterocycles. The van der Waals surface area contributed by atoms with Crippen molar-refractivity contribution >= 4 is 11.6 Å². The van der Waals surface area contributed by atoms with Crippen LogP contribution in [0.15, 0.2) is 60.8 Å². The van der Waals surface area contributed by atoms with Gasteiger partial charge in [-0.3, -0.25) is 0 Å². The number of aliphatic hydroxyl groups is 1. The maximum absolute atomic E-state index is 13.4. The molecular weight excluding hydrogens is 291 g/mol. The molecule has 0 amide bonds. The van der Waals surface area contributed by atoms with E-state index in [9.17, 15) is 9.50 Å². The summed E-state index contributed by atoms with van der Waals surface area (Å²) in [6, 6.07) is 15.1. The van der Waals surface area contributed by atoms with E-state index in [0.29, 0.717) is 11.3 Å². The van der Waals surface area contributed by atoms with E-state index < -0.39 is 11.9 Å². The molecule has 3 aromatic rings. The molecule has 0 spiro atoms. The summed E-state index contributed by atoms with van der Waals surface area (Å²) in [5.41, 5.74) is 1.75. The molecule has 0 radical (unpaired) electrons. The maximum Gasteiger partial charge on any atom is 0.125 e. The molecule has 106 valence electrons. The minimum absolute atomic E-state index is 0.245. The van der Waals surface area contributed by atoms with Gasteiger partial charge in [-0.2, -0.15) is 5.10 Å². The third-order valence-electron chi connectivity index (χ3n) is 3.15. The predicted molar refractivity (Wildman–Crippen MR) is 79.0 cm³/mol. The summed E-state index contributed by atoms with van der Waals surface area (Å²) in [6.45, 7) is 0. The van der Waals surface area contributed by atoms with Crippen molar-refractivity contribution in [2.24, 2.45) is 0 Å². The van der Waals surface area contributed by atoms with Crippen LogP contribution in [0.1, 0.15) is 17.4 Å². The molecule has 0 fully saturated rings. The van der Waals surface area contributed by atoms with E-state index in [1.807, 2.05) is 30.3 Å². The number of rotatable bonds is 3. The van der Waals surface area contributed by atoms with Crippen molar-refractivity contribution in [2.45, 2.75) is 6.10 Å². The van der Waals surface area contributed by atoms with E-state index in [4.69, 9.17) is 11.6 Å².